The molecule has 2 saturated heterocycles. The fourth-order valence-corrected chi connectivity index (χ4v) is 4.19. The zero-order chi connectivity index (χ0) is 15.6. The van der Waals surface area contributed by atoms with E-state index in [1.165, 1.54) is 0 Å². The Labute approximate surface area is 133 Å². The average Bonchev–Trinajstić information content (AvgIpc) is 3.02. The van der Waals surface area contributed by atoms with Crippen LogP contribution in [0.15, 0.2) is 23.1 Å². The van der Waals surface area contributed by atoms with E-state index in [-0.39, 0.29) is 5.72 Å². The molecule has 122 valence electrons. The minimum atomic E-state index is -1.19. The Balaban J connectivity index is 1.69. The Hall–Kier alpha value is -1.15. The van der Waals surface area contributed by atoms with Gasteiger partial charge in [-0.2, -0.15) is 0 Å². The van der Waals surface area contributed by atoms with Crippen molar-refractivity contribution in [3.63, 3.8) is 0 Å². The molecule has 7 heteroatoms. The third-order valence-electron chi connectivity index (χ3n) is 4.25. The molecule has 2 aliphatic heterocycles. The maximum Gasteiger partial charge on any atom is 0.161 e. The molecule has 2 aliphatic rings. The first-order chi connectivity index (χ1) is 10.7. The van der Waals surface area contributed by atoms with Crippen molar-refractivity contribution in [3.05, 3.63) is 18.2 Å². The minimum Gasteiger partial charge on any atom is -0.493 e. The van der Waals surface area contributed by atoms with E-state index in [1.54, 1.807) is 26.4 Å². The van der Waals surface area contributed by atoms with E-state index < -0.39 is 11.0 Å². The van der Waals surface area contributed by atoms with E-state index in [9.17, 15) is 4.21 Å². The first-order valence-electron chi connectivity index (χ1n) is 7.45. The Morgan fingerprint density at radius 3 is 2.55 bits per heavy atom. The molecule has 2 heterocycles. The number of methoxy groups -OCH3 is 2. The number of hydrogen-bond donors (Lipinski definition) is 1. The molecule has 1 spiro atoms. The van der Waals surface area contributed by atoms with Crippen LogP contribution in [0, 0.1) is 0 Å². The van der Waals surface area contributed by atoms with E-state index in [1.807, 2.05) is 10.4 Å². The molecule has 1 aromatic carbocycles. The molecule has 0 bridgehead atoms. The van der Waals surface area contributed by atoms with Crippen LogP contribution in [-0.2, 0) is 15.7 Å². The van der Waals surface area contributed by atoms with Gasteiger partial charge in [0.05, 0.1) is 25.7 Å². The van der Waals surface area contributed by atoms with Crippen molar-refractivity contribution < 1.29 is 18.4 Å². The van der Waals surface area contributed by atoms with Crippen LogP contribution in [0.4, 0.5) is 0 Å². The Morgan fingerprint density at radius 1 is 1.23 bits per heavy atom. The van der Waals surface area contributed by atoms with Crippen molar-refractivity contribution in [2.45, 2.75) is 23.5 Å². The zero-order valence-corrected chi connectivity index (χ0v) is 13.8. The lowest BCUT2D eigenvalue weighted by atomic mass is 10.0. The summed E-state index contributed by atoms with van der Waals surface area (Å²) in [6.45, 7) is 3.15. The second-order valence-corrected chi connectivity index (χ2v) is 6.95. The molecular weight excluding hydrogens is 304 g/mol. The highest BCUT2D eigenvalue weighted by Crippen LogP contribution is 2.32. The summed E-state index contributed by atoms with van der Waals surface area (Å²) in [5.74, 6) is 1.24. The Bertz CT molecular complexity index is 550. The van der Waals surface area contributed by atoms with E-state index in [2.05, 4.69) is 5.32 Å². The third kappa shape index (κ3) is 2.99. The van der Waals surface area contributed by atoms with Crippen molar-refractivity contribution in [2.24, 2.45) is 0 Å². The number of hydrogen-bond acceptors (Lipinski definition) is 5. The fourth-order valence-electron chi connectivity index (χ4n) is 2.98. The van der Waals surface area contributed by atoms with Gasteiger partial charge in [0.2, 0.25) is 0 Å². The summed E-state index contributed by atoms with van der Waals surface area (Å²) < 4.78 is 31.0. The summed E-state index contributed by atoms with van der Waals surface area (Å²) in [5, 5.41) is 3.42. The van der Waals surface area contributed by atoms with Gasteiger partial charge in [-0.25, -0.2) is 8.51 Å². The van der Waals surface area contributed by atoms with Crippen LogP contribution in [0.5, 0.6) is 11.5 Å². The van der Waals surface area contributed by atoms with Crippen molar-refractivity contribution in [1.29, 1.82) is 0 Å². The summed E-state index contributed by atoms with van der Waals surface area (Å²) in [6, 6.07) is 5.40. The normalized spacial score (nSPS) is 22.6. The van der Waals surface area contributed by atoms with E-state index in [0.717, 1.165) is 44.0 Å². The predicted molar refractivity (Wildman–Crippen MR) is 83.4 cm³/mol. The highest BCUT2D eigenvalue weighted by molar-refractivity contribution is 7.82. The van der Waals surface area contributed by atoms with Gasteiger partial charge < -0.3 is 14.2 Å². The third-order valence-corrected chi connectivity index (χ3v) is 5.74. The average molecular weight is 326 g/mol. The second-order valence-electron chi connectivity index (χ2n) is 5.46. The standard InChI is InChI=1S/C15H22N2O4S/c1-19-13-4-3-12(11-14(13)20-2)22(18)17-8-5-15(6-9-17)16-7-10-21-15/h3-4,11,16H,5-10H2,1-2H3. The maximum absolute atomic E-state index is 12.8. The maximum atomic E-state index is 12.8. The number of benzene rings is 1. The molecule has 0 saturated carbocycles. The van der Waals surface area contributed by atoms with Gasteiger partial charge in [0.15, 0.2) is 11.5 Å². The molecular formula is C15H22N2O4S. The topological polar surface area (TPSA) is 60.0 Å². The summed E-state index contributed by atoms with van der Waals surface area (Å²) in [7, 11) is 1.98. The van der Waals surface area contributed by atoms with Gasteiger partial charge in [-0.1, -0.05) is 0 Å². The van der Waals surface area contributed by atoms with Crippen LogP contribution in [0.25, 0.3) is 0 Å². The molecule has 0 aliphatic carbocycles. The Kier molecular flexibility index (Phi) is 4.67. The first-order valence-corrected chi connectivity index (χ1v) is 8.56. The number of nitrogens with zero attached hydrogens (tertiary/aromatic N) is 1. The zero-order valence-electron chi connectivity index (χ0n) is 13.0. The number of rotatable bonds is 4. The van der Waals surface area contributed by atoms with Crippen molar-refractivity contribution in [3.8, 4) is 11.5 Å². The van der Waals surface area contributed by atoms with Gasteiger partial charge in [0.25, 0.3) is 0 Å². The highest BCUT2D eigenvalue weighted by atomic mass is 32.2. The van der Waals surface area contributed by atoms with Crippen LogP contribution < -0.4 is 14.8 Å². The van der Waals surface area contributed by atoms with Gasteiger partial charge in [-0.3, -0.25) is 5.32 Å². The predicted octanol–water partition coefficient (Wildman–Crippen LogP) is 1.14. The second kappa shape index (κ2) is 6.54. The van der Waals surface area contributed by atoms with E-state index in [4.69, 9.17) is 14.2 Å². The summed E-state index contributed by atoms with van der Waals surface area (Å²) in [5.41, 5.74) is -0.196. The van der Waals surface area contributed by atoms with Crippen molar-refractivity contribution in [2.75, 3.05) is 40.5 Å². The molecule has 1 N–H and O–H groups in total. The van der Waals surface area contributed by atoms with Gasteiger partial charge in [-0.05, 0) is 12.1 Å². The largest absolute Gasteiger partial charge is 0.493 e. The number of nitrogens with one attached hydrogen (secondary N) is 1. The highest BCUT2D eigenvalue weighted by Gasteiger charge is 2.39. The minimum absolute atomic E-state index is 0.196. The molecule has 3 rings (SSSR count). The van der Waals surface area contributed by atoms with Crippen molar-refractivity contribution >= 4 is 11.0 Å². The lowest BCUT2D eigenvalue weighted by molar-refractivity contribution is -0.0440. The molecule has 0 aromatic heterocycles. The SMILES string of the molecule is COc1ccc(S(=O)N2CCC3(CC2)NCCO3)cc1OC. The molecule has 6 nitrogen and oxygen atoms in total. The monoisotopic (exact) mass is 326 g/mol. The number of piperidine rings is 1. The lowest BCUT2D eigenvalue weighted by Gasteiger charge is -2.37. The van der Waals surface area contributed by atoms with E-state index >= 15 is 0 Å². The van der Waals surface area contributed by atoms with Crippen LogP contribution in [-0.4, -0.2) is 54.7 Å². The van der Waals surface area contributed by atoms with E-state index in [0.29, 0.717) is 11.5 Å². The van der Waals surface area contributed by atoms with Gasteiger partial charge in [0.1, 0.15) is 16.7 Å². The van der Waals surface area contributed by atoms with Crippen LogP contribution in [0.3, 0.4) is 0 Å². The van der Waals surface area contributed by atoms with Crippen LogP contribution >= 0.6 is 0 Å². The quantitative estimate of drug-likeness (QED) is 0.899. The van der Waals surface area contributed by atoms with Crippen LogP contribution in [0.1, 0.15) is 12.8 Å². The smallest absolute Gasteiger partial charge is 0.161 e. The molecule has 0 radical (unpaired) electrons. The van der Waals surface area contributed by atoms with Crippen molar-refractivity contribution in [1.82, 2.24) is 9.62 Å². The van der Waals surface area contributed by atoms with Gasteiger partial charge in [-0.15, -0.1) is 0 Å². The summed E-state index contributed by atoms with van der Waals surface area (Å²) >= 11 is 0. The fraction of sp³-hybridized carbons (Fsp3) is 0.600. The molecule has 2 fully saturated rings. The lowest BCUT2D eigenvalue weighted by Crippen LogP contribution is -2.51. The summed E-state index contributed by atoms with van der Waals surface area (Å²) in [4.78, 5) is 0.730. The van der Waals surface area contributed by atoms with Crippen LogP contribution in [0.2, 0.25) is 0 Å². The molecule has 1 unspecified atom stereocenters. The molecule has 1 aromatic rings. The first kappa shape index (κ1) is 15.7. The van der Waals surface area contributed by atoms with Gasteiger partial charge >= 0.3 is 0 Å². The number of ether oxygens (including phenoxy) is 3. The Morgan fingerprint density at radius 2 is 1.95 bits per heavy atom. The molecule has 1 atom stereocenters. The van der Waals surface area contributed by atoms with Gasteiger partial charge in [0, 0.05) is 38.5 Å². The molecule has 0 amide bonds. The molecule has 22 heavy (non-hydrogen) atoms. The summed E-state index contributed by atoms with van der Waals surface area (Å²) in [6.07, 6.45) is 1.71.